The van der Waals surface area contributed by atoms with E-state index in [-0.39, 0.29) is 0 Å². The topological polar surface area (TPSA) is 39.1 Å². The second-order valence-electron chi connectivity index (χ2n) is 5.86. The molecule has 4 nitrogen and oxygen atoms in total. The van der Waals surface area contributed by atoms with Gasteiger partial charge in [-0.15, -0.1) is 0 Å². The minimum absolute atomic E-state index is 0.364. The zero-order valence-electron chi connectivity index (χ0n) is 13.4. The maximum absolute atomic E-state index is 6.27. The highest BCUT2D eigenvalue weighted by atomic mass is 35.5. The Labute approximate surface area is 142 Å². The van der Waals surface area contributed by atoms with E-state index in [0.29, 0.717) is 23.4 Å². The number of aryl methyl sites for hydroxylation is 1. The number of rotatable bonds is 6. The number of hydrogen-bond acceptors (Lipinski definition) is 3. The molecule has 0 saturated carbocycles. The number of benzene rings is 1. The largest absolute Gasteiger partial charge is 0.488 e. The summed E-state index contributed by atoms with van der Waals surface area (Å²) in [5.74, 6) is 0.697. The van der Waals surface area contributed by atoms with Gasteiger partial charge in [-0.05, 0) is 37.0 Å². The van der Waals surface area contributed by atoms with E-state index in [1.165, 1.54) is 17.7 Å². The summed E-state index contributed by atoms with van der Waals surface area (Å²) in [7, 11) is 2.02. The Balaban J connectivity index is 1.65. The van der Waals surface area contributed by atoms with Crippen molar-refractivity contribution in [1.82, 2.24) is 15.1 Å². The van der Waals surface area contributed by atoms with Crippen LogP contribution < -0.4 is 10.1 Å². The van der Waals surface area contributed by atoms with Crippen LogP contribution in [0.3, 0.4) is 0 Å². The summed E-state index contributed by atoms with van der Waals surface area (Å²) in [6.45, 7) is 4.88. The van der Waals surface area contributed by atoms with Gasteiger partial charge in [0.05, 0.1) is 11.2 Å². The highest BCUT2D eigenvalue weighted by Gasteiger charge is 2.22. The molecule has 0 spiro atoms. The normalized spacial score (nSPS) is 16.9. The fraction of sp³-hybridized carbons (Fsp3) is 0.389. The fourth-order valence-corrected chi connectivity index (χ4v) is 3.34. The van der Waals surface area contributed by atoms with Gasteiger partial charge in [0.15, 0.2) is 0 Å². The van der Waals surface area contributed by atoms with E-state index >= 15 is 0 Å². The first kappa shape index (κ1) is 16.1. The molecule has 3 rings (SSSR count). The van der Waals surface area contributed by atoms with Crippen molar-refractivity contribution >= 4 is 11.6 Å². The molecule has 2 aromatic rings. The van der Waals surface area contributed by atoms with Gasteiger partial charge in [0.1, 0.15) is 12.4 Å². The lowest BCUT2D eigenvalue weighted by Gasteiger charge is -2.24. The van der Waals surface area contributed by atoms with Gasteiger partial charge in [-0.25, -0.2) is 0 Å². The standard InChI is InChI=1S/C18H22ClN3O/c1-3-9-23-18-8-7-13(10-15(18)19)11-20-16-5-4-6-17-14(16)12-21-22(17)2/h3,7-8,10,12,16,20H,1,4-6,9,11H2,2H3/t16-/m1/s1. The van der Waals surface area contributed by atoms with Crippen molar-refractivity contribution in [3.05, 3.63) is 58.9 Å². The van der Waals surface area contributed by atoms with Crippen LogP contribution in [0, 0.1) is 0 Å². The van der Waals surface area contributed by atoms with Crippen molar-refractivity contribution in [1.29, 1.82) is 0 Å². The third-order valence-electron chi connectivity index (χ3n) is 4.28. The SMILES string of the molecule is C=CCOc1ccc(CN[C@@H]2CCCc3c2cnn3C)cc1Cl. The van der Waals surface area contributed by atoms with E-state index < -0.39 is 0 Å². The van der Waals surface area contributed by atoms with E-state index in [1.807, 2.05) is 36.1 Å². The minimum atomic E-state index is 0.364. The van der Waals surface area contributed by atoms with Crippen LogP contribution in [0.2, 0.25) is 5.02 Å². The molecule has 0 bridgehead atoms. The first-order valence-electron chi connectivity index (χ1n) is 7.95. The molecule has 23 heavy (non-hydrogen) atoms. The number of fused-ring (bicyclic) bond motifs is 1. The van der Waals surface area contributed by atoms with Crippen molar-refractivity contribution in [3.8, 4) is 5.75 Å². The second-order valence-corrected chi connectivity index (χ2v) is 6.27. The molecular weight excluding hydrogens is 310 g/mol. The van der Waals surface area contributed by atoms with Crippen molar-refractivity contribution in [2.75, 3.05) is 6.61 Å². The summed E-state index contributed by atoms with van der Waals surface area (Å²) in [5.41, 5.74) is 3.83. The van der Waals surface area contributed by atoms with E-state index in [1.54, 1.807) is 6.08 Å². The van der Waals surface area contributed by atoms with E-state index in [9.17, 15) is 0 Å². The fourth-order valence-electron chi connectivity index (χ4n) is 3.08. The van der Waals surface area contributed by atoms with Crippen LogP contribution in [0.25, 0.3) is 0 Å². The van der Waals surface area contributed by atoms with Gasteiger partial charge in [-0.2, -0.15) is 5.10 Å². The quantitative estimate of drug-likeness (QED) is 0.818. The molecule has 5 heteroatoms. The molecule has 1 aromatic heterocycles. The molecule has 0 aliphatic heterocycles. The number of nitrogens with zero attached hydrogens (tertiary/aromatic N) is 2. The van der Waals surface area contributed by atoms with Crippen LogP contribution in [-0.4, -0.2) is 16.4 Å². The van der Waals surface area contributed by atoms with Gasteiger partial charge < -0.3 is 10.1 Å². The molecule has 1 aromatic carbocycles. The zero-order valence-corrected chi connectivity index (χ0v) is 14.1. The summed E-state index contributed by atoms with van der Waals surface area (Å²) >= 11 is 6.27. The highest BCUT2D eigenvalue weighted by Crippen LogP contribution is 2.30. The maximum atomic E-state index is 6.27. The van der Waals surface area contributed by atoms with Crippen LogP contribution >= 0.6 is 11.6 Å². The van der Waals surface area contributed by atoms with Gasteiger partial charge >= 0.3 is 0 Å². The number of nitrogens with one attached hydrogen (secondary N) is 1. The van der Waals surface area contributed by atoms with Crippen LogP contribution in [0.4, 0.5) is 0 Å². The summed E-state index contributed by atoms with van der Waals surface area (Å²) in [6.07, 6.45) is 7.16. The number of halogens is 1. The predicted octanol–water partition coefficient (Wildman–Crippen LogP) is 3.81. The average Bonchev–Trinajstić information content (AvgIpc) is 2.94. The molecule has 1 aliphatic rings. The van der Waals surface area contributed by atoms with E-state index in [4.69, 9.17) is 16.3 Å². The van der Waals surface area contributed by atoms with Crippen LogP contribution in [0.1, 0.15) is 35.7 Å². The third kappa shape index (κ3) is 3.59. The molecule has 0 amide bonds. The first-order chi connectivity index (χ1) is 11.2. The Bertz CT molecular complexity index is 696. The Hall–Kier alpha value is -1.78. The van der Waals surface area contributed by atoms with Gasteiger partial charge in [0.25, 0.3) is 0 Å². The average molecular weight is 332 g/mol. The van der Waals surface area contributed by atoms with Crippen LogP contribution in [0.15, 0.2) is 37.1 Å². The summed E-state index contributed by atoms with van der Waals surface area (Å²) in [4.78, 5) is 0. The molecule has 0 saturated heterocycles. The molecule has 1 atom stereocenters. The molecule has 1 heterocycles. The zero-order chi connectivity index (χ0) is 16.2. The summed E-state index contributed by atoms with van der Waals surface area (Å²) < 4.78 is 7.50. The smallest absolute Gasteiger partial charge is 0.138 e. The third-order valence-corrected chi connectivity index (χ3v) is 4.58. The monoisotopic (exact) mass is 331 g/mol. The van der Waals surface area contributed by atoms with Crippen molar-refractivity contribution < 1.29 is 4.74 Å². The number of aromatic nitrogens is 2. The van der Waals surface area contributed by atoms with Crippen molar-refractivity contribution in [2.45, 2.75) is 31.8 Å². The molecular formula is C18H22ClN3O. The Kier molecular flexibility index (Phi) is 5.03. The minimum Gasteiger partial charge on any atom is -0.488 e. The van der Waals surface area contributed by atoms with Crippen molar-refractivity contribution in [3.63, 3.8) is 0 Å². The second kappa shape index (κ2) is 7.20. The molecule has 0 radical (unpaired) electrons. The van der Waals surface area contributed by atoms with Crippen LogP contribution in [-0.2, 0) is 20.0 Å². The number of ether oxygens (including phenoxy) is 1. The maximum Gasteiger partial charge on any atom is 0.138 e. The number of hydrogen-bond donors (Lipinski definition) is 1. The van der Waals surface area contributed by atoms with E-state index in [0.717, 1.165) is 24.9 Å². The van der Waals surface area contributed by atoms with Crippen LogP contribution in [0.5, 0.6) is 5.75 Å². The van der Waals surface area contributed by atoms with Crippen molar-refractivity contribution in [2.24, 2.45) is 7.05 Å². The Morgan fingerprint density at radius 1 is 1.52 bits per heavy atom. The molecule has 0 fully saturated rings. The lowest BCUT2D eigenvalue weighted by atomic mass is 9.93. The lowest BCUT2D eigenvalue weighted by molar-refractivity contribution is 0.363. The predicted molar refractivity (Wildman–Crippen MR) is 92.9 cm³/mol. The Morgan fingerprint density at radius 2 is 2.39 bits per heavy atom. The summed E-state index contributed by atoms with van der Waals surface area (Å²) in [6, 6.07) is 6.28. The summed E-state index contributed by atoms with van der Waals surface area (Å²) in [5, 5.41) is 8.65. The molecule has 122 valence electrons. The lowest BCUT2D eigenvalue weighted by Crippen LogP contribution is -2.24. The first-order valence-corrected chi connectivity index (χ1v) is 8.33. The molecule has 1 N–H and O–H groups in total. The van der Waals surface area contributed by atoms with Gasteiger partial charge in [0.2, 0.25) is 0 Å². The van der Waals surface area contributed by atoms with Gasteiger partial charge in [0, 0.05) is 30.9 Å². The van der Waals surface area contributed by atoms with Gasteiger partial charge in [-0.3, -0.25) is 4.68 Å². The highest BCUT2D eigenvalue weighted by molar-refractivity contribution is 6.32. The molecule has 0 unspecified atom stereocenters. The molecule has 1 aliphatic carbocycles. The van der Waals surface area contributed by atoms with Gasteiger partial charge in [-0.1, -0.05) is 30.3 Å². The Morgan fingerprint density at radius 3 is 3.17 bits per heavy atom. The van der Waals surface area contributed by atoms with E-state index in [2.05, 4.69) is 17.0 Å².